The monoisotopic (exact) mass is 331 g/mol. The van der Waals surface area contributed by atoms with Gasteiger partial charge in [0.2, 0.25) is 0 Å². The molecule has 2 aliphatic rings. The lowest BCUT2D eigenvalue weighted by atomic mass is 10.00. The number of rotatable bonds is 2. The van der Waals surface area contributed by atoms with E-state index < -0.39 is 0 Å². The SMILES string of the molecule is CSc1ncccc1C(=O)N1CCC2OCc3cnnn3C2C1. The topological polar surface area (TPSA) is 73.1 Å². The van der Waals surface area contributed by atoms with Gasteiger partial charge in [-0.05, 0) is 24.8 Å². The van der Waals surface area contributed by atoms with Gasteiger partial charge < -0.3 is 9.64 Å². The van der Waals surface area contributed by atoms with Gasteiger partial charge in [-0.15, -0.1) is 16.9 Å². The maximum atomic E-state index is 12.9. The van der Waals surface area contributed by atoms with Crippen molar-refractivity contribution in [3.8, 4) is 0 Å². The quantitative estimate of drug-likeness (QED) is 0.774. The molecular weight excluding hydrogens is 314 g/mol. The Morgan fingerprint density at radius 2 is 2.39 bits per heavy atom. The molecule has 1 saturated heterocycles. The largest absolute Gasteiger partial charge is 0.370 e. The van der Waals surface area contributed by atoms with Crippen LogP contribution in [0.25, 0.3) is 0 Å². The van der Waals surface area contributed by atoms with E-state index in [0.717, 1.165) is 17.1 Å². The van der Waals surface area contributed by atoms with E-state index >= 15 is 0 Å². The standard InChI is InChI=1S/C15H17N5O2S/c1-23-14-11(3-2-5-16-14)15(21)19-6-4-13-12(8-19)20-10(9-22-13)7-17-18-20/h2-3,5,7,12-13H,4,6,8-9H2,1H3. The lowest BCUT2D eigenvalue weighted by molar-refractivity contribution is -0.0605. The van der Waals surface area contributed by atoms with Crippen molar-refractivity contribution in [2.24, 2.45) is 0 Å². The number of piperidine rings is 1. The van der Waals surface area contributed by atoms with Crippen molar-refractivity contribution in [1.29, 1.82) is 0 Å². The average molecular weight is 331 g/mol. The van der Waals surface area contributed by atoms with Crippen LogP contribution in [0.4, 0.5) is 0 Å². The van der Waals surface area contributed by atoms with Crippen LogP contribution in [-0.4, -0.2) is 56.2 Å². The van der Waals surface area contributed by atoms with Gasteiger partial charge in [-0.3, -0.25) is 4.79 Å². The molecule has 0 spiro atoms. The summed E-state index contributed by atoms with van der Waals surface area (Å²) >= 11 is 1.49. The molecule has 0 bridgehead atoms. The fourth-order valence-corrected chi connectivity index (χ4v) is 3.79. The van der Waals surface area contributed by atoms with Gasteiger partial charge in [0.15, 0.2) is 0 Å². The van der Waals surface area contributed by atoms with Crippen molar-refractivity contribution in [1.82, 2.24) is 24.9 Å². The first-order valence-electron chi connectivity index (χ1n) is 7.57. The lowest BCUT2D eigenvalue weighted by Gasteiger charge is -2.41. The Hall–Kier alpha value is -1.93. The van der Waals surface area contributed by atoms with Crippen LogP contribution in [-0.2, 0) is 11.3 Å². The van der Waals surface area contributed by atoms with Crippen molar-refractivity contribution in [2.75, 3.05) is 19.3 Å². The van der Waals surface area contributed by atoms with Crippen LogP contribution >= 0.6 is 11.8 Å². The molecule has 0 saturated carbocycles. The zero-order chi connectivity index (χ0) is 15.8. The summed E-state index contributed by atoms with van der Waals surface area (Å²) in [6.07, 6.45) is 6.28. The fourth-order valence-electron chi connectivity index (χ4n) is 3.25. The van der Waals surface area contributed by atoms with Crippen LogP contribution < -0.4 is 0 Å². The molecule has 0 N–H and O–H groups in total. The minimum atomic E-state index is 0.0214. The van der Waals surface area contributed by atoms with Crippen molar-refractivity contribution >= 4 is 17.7 Å². The van der Waals surface area contributed by atoms with Crippen LogP contribution in [0, 0.1) is 0 Å². The molecule has 120 valence electrons. The van der Waals surface area contributed by atoms with Gasteiger partial charge in [0.25, 0.3) is 5.91 Å². The van der Waals surface area contributed by atoms with E-state index in [-0.39, 0.29) is 18.1 Å². The number of hydrogen-bond donors (Lipinski definition) is 0. The molecule has 23 heavy (non-hydrogen) atoms. The minimum Gasteiger partial charge on any atom is -0.370 e. The van der Waals surface area contributed by atoms with Crippen molar-refractivity contribution < 1.29 is 9.53 Å². The predicted octanol–water partition coefficient (Wildman–Crippen LogP) is 1.38. The Balaban J connectivity index is 1.59. The number of thioether (sulfide) groups is 1. The smallest absolute Gasteiger partial charge is 0.256 e. The number of hydrogen-bond acceptors (Lipinski definition) is 6. The minimum absolute atomic E-state index is 0.0214. The lowest BCUT2D eigenvalue weighted by Crippen LogP contribution is -2.50. The molecule has 2 aliphatic heterocycles. The summed E-state index contributed by atoms with van der Waals surface area (Å²) in [5.74, 6) is 0.0214. The first-order valence-corrected chi connectivity index (χ1v) is 8.79. The average Bonchev–Trinajstić information content (AvgIpc) is 3.09. The predicted molar refractivity (Wildman–Crippen MR) is 84.2 cm³/mol. The number of likely N-dealkylation sites (tertiary alicyclic amines) is 1. The van der Waals surface area contributed by atoms with Crippen LogP contribution in [0.2, 0.25) is 0 Å². The maximum absolute atomic E-state index is 12.9. The zero-order valence-electron chi connectivity index (χ0n) is 12.8. The van der Waals surface area contributed by atoms with Gasteiger partial charge in [-0.1, -0.05) is 5.21 Å². The summed E-state index contributed by atoms with van der Waals surface area (Å²) in [7, 11) is 0. The van der Waals surface area contributed by atoms with Gasteiger partial charge in [-0.2, -0.15) is 0 Å². The molecule has 0 radical (unpaired) electrons. The van der Waals surface area contributed by atoms with Crippen LogP contribution in [0.3, 0.4) is 0 Å². The number of ether oxygens (including phenoxy) is 1. The third-order valence-corrected chi connectivity index (χ3v) is 5.12. The third kappa shape index (κ3) is 2.51. The van der Waals surface area contributed by atoms with Crippen molar-refractivity contribution in [3.05, 3.63) is 35.8 Å². The van der Waals surface area contributed by atoms with Gasteiger partial charge in [-0.25, -0.2) is 9.67 Å². The summed E-state index contributed by atoms with van der Waals surface area (Å²) in [5.41, 5.74) is 1.63. The first kappa shape index (κ1) is 14.6. The van der Waals surface area contributed by atoms with E-state index in [9.17, 15) is 4.79 Å². The van der Waals surface area contributed by atoms with Crippen molar-refractivity contribution in [2.45, 2.75) is 30.2 Å². The van der Waals surface area contributed by atoms with Gasteiger partial charge in [0.05, 0.1) is 36.2 Å². The molecule has 8 heteroatoms. The van der Waals surface area contributed by atoms with E-state index in [2.05, 4.69) is 15.3 Å². The van der Waals surface area contributed by atoms with E-state index in [1.807, 2.05) is 21.9 Å². The second kappa shape index (κ2) is 5.93. The molecule has 1 amide bonds. The Bertz CT molecular complexity index is 734. The second-order valence-electron chi connectivity index (χ2n) is 5.69. The third-order valence-electron chi connectivity index (χ3n) is 4.41. The molecule has 0 aromatic carbocycles. The summed E-state index contributed by atoms with van der Waals surface area (Å²) < 4.78 is 7.80. The first-order chi connectivity index (χ1) is 11.3. The Morgan fingerprint density at radius 1 is 1.48 bits per heavy atom. The molecule has 1 fully saturated rings. The Kier molecular flexibility index (Phi) is 3.78. The van der Waals surface area contributed by atoms with Gasteiger partial charge in [0.1, 0.15) is 5.03 Å². The summed E-state index contributed by atoms with van der Waals surface area (Å²) in [6.45, 7) is 1.82. The zero-order valence-corrected chi connectivity index (χ0v) is 13.6. The summed E-state index contributed by atoms with van der Waals surface area (Å²) in [5, 5.41) is 8.90. The van der Waals surface area contributed by atoms with E-state index in [1.54, 1.807) is 18.5 Å². The Morgan fingerprint density at radius 3 is 3.26 bits per heavy atom. The second-order valence-corrected chi connectivity index (χ2v) is 6.48. The fraction of sp³-hybridized carbons (Fsp3) is 0.467. The number of nitrogens with zero attached hydrogens (tertiary/aromatic N) is 5. The Labute approximate surface area is 138 Å². The molecule has 2 aromatic heterocycles. The van der Waals surface area contributed by atoms with Crippen molar-refractivity contribution in [3.63, 3.8) is 0 Å². The van der Waals surface area contributed by atoms with Crippen LogP contribution in [0.1, 0.15) is 28.5 Å². The van der Waals surface area contributed by atoms with Gasteiger partial charge >= 0.3 is 0 Å². The van der Waals surface area contributed by atoms with E-state index in [0.29, 0.717) is 25.3 Å². The number of pyridine rings is 1. The number of carbonyl (C=O) groups is 1. The molecular formula is C15H17N5O2S. The van der Waals surface area contributed by atoms with Gasteiger partial charge in [0, 0.05) is 19.3 Å². The van der Waals surface area contributed by atoms with E-state index in [1.165, 1.54) is 11.8 Å². The number of aromatic nitrogens is 4. The summed E-state index contributed by atoms with van der Waals surface area (Å²) in [4.78, 5) is 19.0. The molecule has 4 heterocycles. The summed E-state index contributed by atoms with van der Waals surface area (Å²) in [6, 6.07) is 3.68. The maximum Gasteiger partial charge on any atom is 0.256 e. The highest BCUT2D eigenvalue weighted by atomic mass is 32.2. The molecule has 2 atom stereocenters. The molecule has 2 unspecified atom stereocenters. The number of fused-ring (bicyclic) bond motifs is 3. The van der Waals surface area contributed by atoms with E-state index in [4.69, 9.17) is 4.74 Å². The molecule has 4 rings (SSSR count). The normalized spacial score (nSPS) is 23.3. The number of amides is 1. The number of carbonyl (C=O) groups excluding carboxylic acids is 1. The highest BCUT2D eigenvalue weighted by Gasteiger charge is 2.38. The molecule has 2 aromatic rings. The highest BCUT2D eigenvalue weighted by Crippen LogP contribution is 2.31. The van der Waals surface area contributed by atoms with Crippen LogP contribution in [0.5, 0.6) is 0 Å². The molecule has 0 aliphatic carbocycles. The molecule has 7 nitrogen and oxygen atoms in total. The highest BCUT2D eigenvalue weighted by molar-refractivity contribution is 7.98. The van der Waals surface area contributed by atoms with Crippen LogP contribution in [0.15, 0.2) is 29.6 Å².